The summed E-state index contributed by atoms with van der Waals surface area (Å²) in [6.45, 7) is 2.64. The van der Waals surface area contributed by atoms with Gasteiger partial charge in [-0.3, -0.25) is 14.3 Å². The third-order valence-corrected chi connectivity index (χ3v) is 5.27. The summed E-state index contributed by atoms with van der Waals surface area (Å²) in [6, 6.07) is 0. The van der Waals surface area contributed by atoms with Crippen LogP contribution in [0.4, 0.5) is 13.2 Å². The fourth-order valence-electron chi connectivity index (χ4n) is 3.68. The second kappa shape index (κ2) is 6.36. The lowest BCUT2D eigenvalue weighted by atomic mass is 10.0. The van der Waals surface area contributed by atoms with Gasteiger partial charge in [-0.05, 0) is 25.8 Å². The number of aryl methyl sites for hydroxylation is 3. The highest BCUT2D eigenvalue weighted by Crippen LogP contribution is 2.37. The van der Waals surface area contributed by atoms with E-state index in [1.54, 1.807) is 18.7 Å². The summed E-state index contributed by atoms with van der Waals surface area (Å²) in [4.78, 5) is 28.4. The van der Waals surface area contributed by atoms with Crippen molar-refractivity contribution in [1.29, 1.82) is 0 Å². The summed E-state index contributed by atoms with van der Waals surface area (Å²) in [7, 11) is 1.71. The fourth-order valence-corrected chi connectivity index (χ4v) is 3.68. The van der Waals surface area contributed by atoms with Crippen molar-refractivity contribution in [3.63, 3.8) is 0 Å². The normalized spacial score (nSPS) is 20.6. The predicted molar refractivity (Wildman–Crippen MR) is 91.3 cm³/mol. The van der Waals surface area contributed by atoms with Crippen LogP contribution < -0.4 is 5.56 Å². The number of hydrogen-bond acceptors (Lipinski definition) is 4. The third-order valence-electron chi connectivity index (χ3n) is 5.27. The Kier molecular flexibility index (Phi) is 4.57. The smallest absolute Gasteiger partial charge is 0.379 e. The summed E-state index contributed by atoms with van der Waals surface area (Å²) >= 11 is 0. The first-order valence-corrected chi connectivity index (χ1v) is 8.56. The van der Waals surface area contributed by atoms with Gasteiger partial charge in [0.2, 0.25) is 5.91 Å². The van der Waals surface area contributed by atoms with Crippen LogP contribution in [-0.2, 0) is 18.3 Å². The van der Waals surface area contributed by atoms with Gasteiger partial charge in [0.1, 0.15) is 5.65 Å². The minimum atomic E-state index is -4.78. The first-order valence-electron chi connectivity index (χ1n) is 8.56. The van der Waals surface area contributed by atoms with Gasteiger partial charge in [-0.25, -0.2) is 0 Å². The minimum Gasteiger partial charge on any atom is -0.379 e. The maximum atomic E-state index is 12.9. The number of pyridine rings is 1. The van der Waals surface area contributed by atoms with Gasteiger partial charge in [0.25, 0.3) is 5.56 Å². The van der Waals surface area contributed by atoms with Crippen LogP contribution >= 0.6 is 0 Å². The van der Waals surface area contributed by atoms with Crippen LogP contribution in [0.1, 0.15) is 29.7 Å². The molecule has 1 fully saturated rings. The highest BCUT2D eigenvalue weighted by molar-refractivity contribution is 5.83. The summed E-state index contributed by atoms with van der Waals surface area (Å²) in [5.74, 6) is -0.517. The third kappa shape index (κ3) is 3.22. The Labute approximate surface area is 152 Å². The largest absolute Gasteiger partial charge is 0.419 e. The average molecular weight is 386 g/mol. The second-order valence-corrected chi connectivity index (χ2v) is 7.08. The van der Waals surface area contributed by atoms with Crippen molar-refractivity contribution in [3.8, 4) is 0 Å². The molecule has 0 radical (unpaired) electrons. The van der Waals surface area contributed by atoms with Crippen molar-refractivity contribution < 1.29 is 23.1 Å². The Balaban J connectivity index is 1.77. The summed E-state index contributed by atoms with van der Waals surface area (Å²) in [5, 5.41) is 14.8. The molecule has 0 saturated carbocycles. The second-order valence-electron chi connectivity index (χ2n) is 7.08. The van der Waals surface area contributed by atoms with Crippen LogP contribution in [0.15, 0.2) is 4.79 Å². The number of carbonyl (C=O) groups excluding carboxylic acids is 1. The number of aromatic amines is 1. The number of rotatable bonds is 3. The molecule has 148 valence electrons. The van der Waals surface area contributed by atoms with Gasteiger partial charge in [-0.15, -0.1) is 0 Å². The molecule has 0 aromatic carbocycles. The molecule has 2 aromatic heterocycles. The number of nitrogens with one attached hydrogen (secondary N) is 1. The number of halogens is 3. The number of hydrogen-bond donors (Lipinski definition) is 2. The zero-order valence-electron chi connectivity index (χ0n) is 15.3. The molecule has 1 aliphatic heterocycles. The first kappa shape index (κ1) is 19.4. The van der Waals surface area contributed by atoms with E-state index in [9.17, 15) is 27.9 Å². The monoisotopic (exact) mass is 386 g/mol. The molecule has 1 saturated heterocycles. The molecule has 1 amide bonds. The molecule has 3 rings (SSSR count). The molecule has 3 heterocycles. The number of aromatic nitrogens is 3. The van der Waals surface area contributed by atoms with E-state index in [2.05, 4.69) is 10.1 Å². The van der Waals surface area contributed by atoms with Crippen molar-refractivity contribution in [2.45, 2.75) is 44.9 Å². The van der Waals surface area contributed by atoms with Crippen LogP contribution in [-0.4, -0.2) is 55.5 Å². The number of likely N-dealkylation sites (tertiary alicyclic amines) is 1. The molecule has 10 heteroatoms. The standard InChI is InChI=1S/C17H21F3N4O3/c1-9-11(15(26)21-14-13(9)10(2)22-23(14)3)4-5-12(25)24-7-6-16(27,8-24)17(18,19)20/h27H,4-8H2,1-3H3,(H,21,26). The number of alkyl halides is 3. The number of β-amino-alcohol motifs (C(OH)–C–C–N with tert-alkyl or cyclic N) is 1. The minimum absolute atomic E-state index is 0.102. The Morgan fingerprint density at radius 1 is 1.37 bits per heavy atom. The predicted octanol–water partition coefficient (Wildman–Crippen LogP) is 1.34. The molecule has 1 aliphatic rings. The molecule has 7 nitrogen and oxygen atoms in total. The quantitative estimate of drug-likeness (QED) is 0.833. The summed E-state index contributed by atoms with van der Waals surface area (Å²) in [5.41, 5.74) is -0.757. The van der Waals surface area contributed by atoms with Gasteiger partial charge in [0.05, 0.1) is 12.2 Å². The molecule has 2 N–H and O–H groups in total. The van der Waals surface area contributed by atoms with Gasteiger partial charge in [-0.1, -0.05) is 0 Å². The van der Waals surface area contributed by atoms with Crippen LogP contribution in [0.2, 0.25) is 0 Å². The average Bonchev–Trinajstić information content (AvgIpc) is 3.08. The van der Waals surface area contributed by atoms with Crippen molar-refractivity contribution >= 4 is 16.9 Å². The van der Waals surface area contributed by atoms with Crippen LogP contribution in [0.3, 0.4) is 0 Å². The zero-order valence-corrected chi connectivity index (χ0v) is 15.3. The number of aliphatic hydroxyl groups is 1. The molecule has 27 heavy (non-hydrogen) atoms. The van der Waals surface area contributed by atoms with E-state index >= 15 is 0 Å². The Morgan fingerprint density at radius 2 is 2.04 bits per heavy atom. The fraction of sp³-hybridized carbons (Fsp3) is 0.588. The van der Waals surface area contributed by atoms with E-state index in [0.717, 1.165) is 16.0 Å². The Hall–Kier alpha value is -2.36. The molecule has 2 aromatic rings. The van der Waals surface area contributed by atoms with Gasteiger partial charge >= 0.3 is 6.18 Å². The molecule has 1 atom stereocenters. The maximum Gasteiger partial charge on any atom is 0.419 e. The highest BCUT2D eigenvalue weighted by atomic mass is 19.4. The van der Waals surface area contributed by atoms with E-state index in [-0.39, 0.29) is 24.9 Å². The van der Waals surface area contributed by atoms with Gasteiger partial charge in [0.15, 0.2) is 5.60 Å². The number of nitrogens with zero attached hydrogens (tertiary/aromatic N) is 3. The Bertz CT molecular complexity index is 963. The summed E-state index contributed by atoms with van der Waals surface area (Å²) in [6.07, 6.45) is -5.32. The van der Waals surface area contributed by atoms with Gasteiger partial charge in [-0.2, -0.15) is 18.3 Å². The lowest BCUT2D eigenvalue weighted by Crippen LogP contribution is -2.48. The van der Waals surface area contributed by atoms with Gasteiger partial charge < -0.3 is 15.0 Å². The molecular formula is C17H21F3N4O3. The van der Waals surface area contributed by atoms with Crippen LogP contribution in [0.25, 0.3) is 11.0 Å². The zero-order chi connectivity index (χ0) is 20.1. The SMILES string of the molecule is Cc1nn(C)c2[nH]c(=O)c(CCC(=O)N3CCC(O)(C(F)(F)F)C3)c(C)c12. The molecular weight excluding hydrogens is 365 g/mol. The van der Waals surface area contributed by atoms with Crippen molar-refractivity contribution in [2.24, 2.45) is 7.05 Å². The van der Waals surface area contributed by atoms with E-state index in [1.165, 1.54) is 0 Å². The Morgan fingerprint density at radius 3 is 2.63 bits per heavy atom. The number of fused-ring (bicyclic) bond motifs is 1. The lowest BCUT2D eigenvalue weighted by Gasteiger charge is -2.25. The van der Waals surface area contributed by atoms with E-state index in [0.29, 0.717) is 16.8 Å². The van der Waals surface area contributed by atoms with E-state index < -0.39 is 30.7 Å². The van der Waals surface area contributed by atoms with Crippen LogP contribution in [0, 0.1) is 13.8 Å². The van der Waals surface area contributed by atoms with Crippen LogP contribution in [0.5, 0.6) is 0 Å². The molecule has 0 aliphatic carbocycles. The summed E-state index contributed by atoms with van der Waals surface area (Å²) < 4.78 is 40.2. The number of H-pyrrole nitrogens is 1. The topological polar surface area (TPSA) is 91.2 Å². The van der Waals surface area contributed by atoms with E-state index in [1.807, 2.05) is 6.92 Å². The molecule has 0 spiro atoms. The highest BCUT2D eigenvalue weighted by Gasteiger charge is 2.57. The van der Waals surface area contributed by atoms with E-state index in [4.69, 9.17) is 0 Å². The van der Waals surface area contributed by atoms with Crippen molar-refractivity contribution in [1.82, 2.24) is 19.7 Å². The molecule has 1 unspecified atom stereocenters. The number of carbonyl (C=O) groups is 1. The molecule has 0 bridgehead atoms. The number of amides is 1. The van der Waals surface area contributed by atoms with Crippen molar-refractivity contribution in [2.75, 3.05) is 13.1 Å². The van der Waals surface area contributed by atoms with Crippen molar-refractivity contribution in [3.05, 3.63) is 27.2 Å². The maximum absolute atomic E-state index is 12.9. The van der Waals surface area contributed by atoms with Gasteiger partial charge in [0, 0.05) is 37.4 Å². The first-order chi connectivity index (χ1) is 12.4. The lowest BCUT2D eigenvalue weighted by molar-refractivity contribution is -0.253.